The second-order valence-corrected chi connectivity index (χ2v) is 12.6. The Morgan fingerprint density at radius 3 is 2.26 bits per heavy atom. The summed E-state index contributed by atoms with van der Waals surface area (Å²) in [5.41, 5.74) is 1.35. The summed E-state index contributed by atoms with van der Waals surface area (Å²) in [6.45, 7) is 6.66. The van der Waals surface area contributed by atoms with Crippen LogP contribution < -0.4 is 5.32 Å². The summed E-state index contributed by atoms with van der Waals surface area (Å²) in [6, 6.07) is 19.4. The third-order valence-corrected chi connectivity index (χ3v) is 7.72. The first-order valence-corrected chi connectivity index (χ1v) is 16.1. The van der Waals surface area contributed by atoms with Gasteiger partial charge >= 0.3 is 6.09 Å². The highest BCUT2D eigenvalue weighted by molar-refractivity contribution is 5.80. The summed E-state index contributed by atoms with van der Waals surface area (Å²) >= 11 is 0. The zero-order chi connectivity index (χ0) is 33.4. The Hall–Kier alpha value is -3.96. The maximum Gasteiger partial charge on any atom is 0.410 e. The minimum absolute atomic E-state index is 0.110. The maximum atomic E-state index is 14.1. The van der Waals surface area contributed by atoms with Crippen molar-refractivity contribution in [1.29, 1.82) is 0 Å². The van der Waals surface area contributed by atoms with Crippen LogP contribution in [-0.4, -0.2) is 84.4 Å². The molecule has 252 valence electrons. The number of ether oxygens (including phenoxy) is 2. The number of hydrogen-bond acceptors (Lipinski definition) is 7. The van der Waals surface area contributed by atoms with E-state index in [-0.39, 0.29) is 19.1 Å². The van der Waals surface area contributed by atoms with Crippen molar-refractivity contribution in [2.75, 3.05) is 26.7 Å². The summed E-state index contributed by atoms with van der Waals surface area (Å²) in [6.07, 6.45) is 3.09. The van der Waals surface area contributed by atoms with E-state index in [1.54, 1.807) is 11.9 Å². The van der Waals surface area contributed by atoms with E-state index in [1.807, 2.05) is 81.4 Å². The van der Waals surface area contributed by atoms with Crippen molar-refractivity contribution >= 4 is 24.8 Å². The average Bonchev–Trinajstić information content (AvgIpc) is 3.04. The molecule has 11 nitrogen and oxygen atoms in total. The number of amides is 4. The van der Waals surface area contributed by atoms with Gasteiger partial charge in [0.25, 0.3) is 0 Å². The Morgan fingerprint density at radius 2 is 1.63 bits per heavy atom. The molecule has 0 bridgehead atoms. The van der Waals surface area contributed by atoms with Crippen LogP contribution >= 0.6 is 0 Å². The van der Waals surface area contributed by atoms with Crippen LogP contribution in [0.2, 0.25) is 0 Å². The van der Waals surface area contributed by atoms with Gasteiger partial charge in [-0.15, -0.1) is 0 Å². The van der Waals surface area contributed by atoms with Gasteiger partial charge in [0.2, 0.25) is 18.7 Å². The molecule has 1 aliphatic heterocycles. The van der Waals surface area contributed by atoms with Gasteiger partial charge in [-0.3, -0.25) is 19.2 Å². The standard InChI is InChI=1S/C35H50N4O7/c1-35(2,3)46-34(43)38-22-11-12-24-44-33(39(27-41)45-25-29-17-9-6-10-18-29)30(20-13-19-28-15-7-5-8-16-28)32(42)36-31(21-14-23-38)37(4)26-40/h5-10,15-18,26-27,30-31,33H,11-14,19-25H2,1-4H3,(H,36,42)/t30-,31-,33-/m0/s1. The summed E-state index contributed by atoms with van der Waals surface area (Å²) in [5.74, 6) is -1.14. The van der Waals surface area contributed by atoms with E-state index in [9.17, 15) is 19.2 Å². The number of aryl methyl sites for hydroxylation is 1. The van der Waals surface area contributed by atoms with Gasteiger partial charge < -0.3 is 24.6 Å². The molecule has 3 rings (SSSR count). The van der Waals surface area contributed by atoms with Gasteiger partial charge in [0.1, 0.15) is 18.4 Å². The molecule has 0 saturated carbocycles. The molecule has 3 atom stereocenters. The van der Waals surface area contributed by atoms with E-state index in [0.29, 0.717) is 64.4 Å². The van der Waals surface area contributed by atoms with Crippen LogP contribution in [0.25, 0.3) is 0 Å². The number of hydroxylamine groups is 2. The van der Waals surface area contributed by atoms with Crippen molar-refractivity contribution in [3.8, 4) is 0 Å². The van der Waals surface area contributed by atoms with E-state index in [0.717, 1.165) is 22.6 Å². The third-order valence-electron chi connectivity index (χ3n) is 7.72. The fourth-order valence-electron chi connectivity index (χ4n) is 5.26. The number of benzene rings is 2. The van der Waals surface area contributed by atoms with Crippen molar-refractivity contribution in [3.63, 3.8) is 0 Å². The first-order chi connectivity index (χ1) is 22.1. The zero-order valence-electron chi connectivity index (χ0n) is 27.6. The third kappa shape index (κ3) is 12.4. The molecule has 2 aromatic rings. The zero-order valence-corrected chi connectivity index (χ0v) is 27.6. The monoisotopic (exact) mass is 638 g/mol. The van der Waals surface area contributed by atoms with Crippen molar-refractivity contribution < 1.29 is 33.5 Å². The molecule has 11 heteroatoms. The highest BCUT2D eigenvalue weighted by atomic mass is 16.7. The van der Waals surface area contributed by atoms with Crippen molar-refractivity contribution in [2.45, 2.75) is 90.3 Å². The van der Waals surface area contributed by atoms with Gasteiger partial charge in [-0.25, -0.2) is 4.79 Å². The fraction of sp³-hybridized carbons (Fsp3) is 0.543. The average molecular weight is 639 g/mol. The molecular formula is C35H50N4O7. The lowest BCUT2D eigenvalue weighted by molar-refractivity contribution is -0.252. The van der Waals surface area contributed by atoms with E-state index in [1.165, 1.54) is 4.90 Å². The summed E-state index contributed by atoms with van der Waals surface area (Å²) < 4.78 is 11.9. The molecule has 46 heavy (non-hydrogen) atoms. The molecule has 1 N–H and O–H groups in total. The van der Waals surface area contributed by atoms with Crippen molar-refractivity contribution in [2.24, 2.45) is 5.92 Å². The van der Waals surface area contributed by atoms with Gasteiger partial charge in [0, 0.05) is 26.7 Å². The Morgan fingerprint density at radius 1 is 0.978 bits per heavy atom. The maximum absolute atomic E-state index is 14.1. The topological polar surface area (TPSA) is 118 Å². The Kier molecular flexibility index (Phi) is 15.0. The molecule has 4 amide bonds. The SMILES string of the molecule is CN(C=O)[C@H]1CCCN(C(=O)OC(C)(C)C)CCCCO[C@H](N(C=O)OCc2ccccc2)[C@@H](CCCc2ccccc2)C(=O)N1. The molecule has 0 spiro atoms. The van der Waals surface area contributed by atoms with Gasteiger partial charge in [0.05, 0.1) is 5.92 Å². The van der Waals surface area contributed by atoms with Gasteiger partial charge in [-0.05, 0) is 76.8 Å². The largest absolute Gasteiger partial charge is 0.444 e. The smallest absolute Gasteiger partial charge is 0.410 e. The van der Waals surface area contributed by atoms with Crippen LogP contribution in [0.15, 0.2) is 60.7 Å². The normalized spacial score (nSPS) is 20.1. The van der Waals surface area contributed by atoms with Crippen molar-refractivity contribution in [1.82, 2.24) is 20.2 Å². The molecule has 0 radical (unpaired) electrons. The Bertz CT molecular complexity index is 1210. The molecule has 2 aromatic carbocycles. The second kappa shape index (κ2) is 18.9. The second-order valence-electron chi connectivity index (χ2n) is 12.6. The molecule has 0 aliphatic carbocycles. The van der Waals surface area contributed by atoms with Gasteiger partial charge in [0.15, 0.2) is 6.23 Å². The van der Waals surface area contributed by atoms with Crippen LogP contribution in [0.5, 0.6) is 0 Å². The van der Waals surface area contributed by atoms with Crippen LogP contribution in [0.3, 0.4) is 0 Å². The quantitative estimate of drug-likeness (QED) is 0.275. The van der Waals surface area contributed by atoms with Gasteiger partial charge in [-0.2, -0.15) is 5.06 Å². The number of carbonyl (C=O) groups excluding carboxylic acids is 4. The molecule has 0 unspecified atom stereocenters. The lowest BCUT2D eigenvalue weighted by Crippen LogP contribution is -2.53. The number of nitrogens with one attached hydrogen (secondary N) is 1. The first-order valence-electron chi connectivity index (χ1n) is 16.1. The number of rotatable bonds is 11. The van der Waals surface area contributed by atoms with Crippen LogP contribution in [0.1, 0.15) is 70.4 Å². The lowest BCUT2D eigenvalue weighted by atomic mass is 9.96. The molecular weight excluding hydrogens is 588 g/mol. The first kappa shape index (κ1) is 36.5. The van der Waals surface area contributed by atoms with Gasteiger partial charge in [-0.1, -0.05) is 60.7 Å². The molecule has 1 saturated heterocycles. The number of hydrogen-bond donors (Lipinski definition) is 1. The summed E-state index contributed by atoms with van der Waals surface area (Å²) in [5, 5.41) is 4.12. The minimum atomic E-state index is -1.02. The Balaban J connectivity index is 1.87. The minimum Gasteiger partial charge on any atom is -0.444 e. The van der Waals surface area contributed by atoms with Crippen LogP contribution in [0, 0.1) is 5.92 Å². The molecule has 1 heterocycles. The molecule has 1 aliphatic rings. The van der Waals surface area contributed by atoms with E-state index in [2.05, 4.69) is 5.32 Å². The number of carbonyl (C=O) groups is 4. The summed E-state index contributed by atoms with van der Waals surface area (Å²) in [7, 11) is 1.60. The fourth-order valence-corrected chi connectivity index (χ4v) is 5.26. The van der Waals surface area contributed by atoms with E-state index < -0.39 is 30.0 Å². The van der Waals surface area contributed by atoms with E-state index >= 15 is 0 Å². The predicted molar refractivity (Wildman–Crippen MR) is 174 cm³/mol. The summed E-state index contributed by atoms with van der Waals surface area (Å²) in [4.78, 5) is 60.4. The highest BCUT2D eigenvalue weighted by Gasteiger charge is 2.36. The lowest BCUT2D eigenvalue weighted by Gasteiger charge is -2.35. The van der Waals surface area contributed by atoms with Crippen molar-refractivity contribution in [3.05, 3.63) is 71.8 Å². The van der Waals surface area contributed by atoms with Crippen LogP contribution in [-0.2, 0) is 41.7 Å². The predicted octanol–water partition coefficient (Wildman–Crippen LogP) is 4.90. The molecule has 0 aromatic heterocycles. The molecule has 1 fully saturated rings. The van der Waals surface area contributed by atoms with E-state index in [4.69, 9.17) is 14.3 Å². The number of nitrogens with zero attached hydrogens (tertiary/aromatic N) is 3. The highest BCUT2D eigenvalue weighted by Crippen LogP contribution is 2.23. The van der Waals surface area contributed by atoms with Crippen LogP contribution in [0.4, 0.5) is 4.79 Å². The Labute approximate surface area is 273 Å².